The number of carboxylic acids is 1. The molecule has 8 heteroatoms. The molecule has 0 spiro atoms. The van der Waals surface area contributed by atoms with Gasteiger partial charge in [0, 0.05) is 31.2 Å². The molecule has 0 unspecified atom stereocenters. The van der Waals surface area contributed by atoms with Crippen LogP contribution in [0.3, 0.4) is 0 Å². The lowest BCUT2D eigenvalue weighted by Crippen LogP contribution is -2.31. The minimum atomic E-state index is -0.902. The molecule has 1 aliphatic rings. The molecule has 32 heavy (non-hydrogen) atoms. The largest absolute Gasteiger partial charge is 0.481 e. The van der Waals surface area contributed by atoms with Crippen LogP contribution in [0.15, 0.2) is 34.7 Å². The smallest absolute Gasteiger partial charge is 0.305 e. The Bertz CT molecular complexity index is 1180. The lowest BCUT2D eigenvalue weighted by Gasteiger charge is -2.25. The van der Waals surface area contributed by atoms with E-state index < -0.39 is 5.97 Å². The summed E-state index contributed by atoms with van der Waals surface area (Å²) in [7, 11) is 4.18. The number of carbonyl (C=O) groups is 1. The summed E-state index contributed by atoms with van der Waals surface area (Å²) in [5.41, 5.74) is 5.33. The van der Waals surface area contributed by atoms with Crippen molar-refractivity contribution in [3.8, 4) is 17.2 Å². The molecule has 2 aromatic carbocycles. The molecule has 1 atom stereocenters. The van der Waals surface area contributed by atoms with E-state index in [0.29, 0.717) is 22.7 Å². The molecule has 0 bridgehead atoms. The maximum Gasteiger partial charge on any atom is 0.305 e. The standard InChI is InChI=1S/C24H27N5O3/c1-15-18(13-25)21-23(32-24(27-21)26-11-9-19(30)31)22(20(15)16-7-5-4-6-8-16)29-12-10-17(14-29)28(2)3/h4-8,17H,9-12,14H2,1-3H3,(H,26,27)(H,30,31)/t17-/m0/s1. The van der Waals surface area contributed by atoms with Crippen LogP contribution in [0, 0.1) is 18.3 Å². The predicted octanol–water partition coefficient (Wildman–Crippen LogP) is 3.70. The molecule has 166 valence electrons. The molecule has 2 N–H and O–H groups in total. The van der Waals surface area contributed by atoms with E-state index in [2.05, 4.69) is 40.3 Å². The average molecular weight is 434 g/mol. The van der Waals surface area contributed by atoms with Crippen LogP contribution < -0.4 is 10.2 Å². The molecule has 1 fully saturated rings. The van der Waals surface area contributed by atoms with Gasteiger partial charge < -0.3 is 24.6 Å². The first kappa shape index (κ1) is 21.7. The molecular weight excluding hydrogens is 406 g/mol. The minimum Gasteiger partial charge on any atom is -0.481 e. The van der Waals surface area contributed by atoms with Crippen LogP contribution in [0.25, 0.3) is 22.2 Å². The summed E-state index contributed by atoms with van der Waals surface area (Å²) in [6, 6.07) is 13.0. The van der Waals surface area contributed by atoms with E-state index in [4.69, 9.17) is 9.52 Å². The van der Waals surface area contributed by atoms with Gasteiger partial charge in [-0.15, -0.1) is 0 Å². The highest BCUT2D eigenvalue weighted by atomic mass is 16.4. The number of aromatic nitrogens is 1. The molecular formula is C24H27N5O3. The SMILES string of the molecule is Cc1c(-c2ccccc2)c(N2CC[C@H](N(C)C)C2)c2oc(NCCC(=O)O)nc2c1C#N. The molecule has 2 heterocycles. The Labute approximate surface area is 187 Å². The maximum atomic E-state index is 10.9. The highest BCUT2D eigenvalue weighted by molar-refractivity contribution is 6.02. The summed E-state index contributed by atoms with van der Waals surface area (Å²) in [6.45, 7) is 3.85. The fourth-order valence-corrected chi connectivity index (χ4v) is 4.36. The summed E-state index contributed by atoms with van der Waals surface area (Å²) in [6.07, 6.45) is 0.973. The van der Waals surface area contributed by atoms with E-state index in [1.165, 1.54) is 0 Å². The van der Waals surface area contributed by atoms with Crippen molar-refractivity contribution in [2.45, 2.75) is 25.8 Å². The monoisotopic (exact) mass is 433 g/mol. The van der Waals surface area contributed by atoms with Gasteiger partial charge in [0.05, 0.1) is 17.7 Å². The number of hydrogen-bond acceptors (Lipinski definition) is 7. The van der Waals surface area contributed by atoms with Crippen molar-refractivity contribution in [2.75, 3.05) is 43.9 Å². The maximum absolute atomic E-state index is 10.9. The number of benzene rings is 2. The van der Waals surface area contributed by atoms with Crippen LogP contribution in [0.1, 0.15) is 24.0 Å². The number of likely N-dealkylation sites (N-methyl/N-ethyl adjacent to an activating group) is 1. The zero-order chi connectivity index (χ0) is 22.8. The molecule has 0 aliphatic carbocycles. The molecule has 1 aromatic heterocycles. The summed E-state index contributed by atoms with van der Waals surface area (Å²) in [4.78, 5) is 20.0. The molecule has 1 aliphatic heterocycles. The summed E-state index contributed by atoms with van der Waals surface area (Å²) >= 11 is 0. The van der Waals surface area contributed by atoms with Crippen LogP contribution in [0.2, 0.25) is 0 Å². The van der Waals surface area contributed by atoms with Crippen molar-refractivity contribution in [1.29, 1.82) is 5.26 Å². The van der Waals surface area contributed by atoms with Crippen molar-refractivity contribution in [2.24, 2.45) is 0 Å². The van der Waals surface area contributed by atoms with Crippen LogP contribution in [-0.4, -0.2) is 60.7 Å². The summed E-state index contributed by atoms with van der Waals surface area (Å²) in [5, 5.41) is 21.8. The second-order valence-electron chi connectivity index (χ2n) is 8.32. The van der Waals surface area contributed by atoms with Crippen LogP contribution in [-0.2, 0) is 4.79 Å². The third-order valence-corrected chi connectivity index (χ3v) is 6.07. The number of fused-ring (bicyclic) bond motifs is 1. The fourth-order valence-electron chi connectivity index (χ4n) is 4.36. The average Bonchev–Trinajstić information content (AvgIpc) is 3.41. The van der Waals surface area contributed by atoms with Crippen molar-refractivity contribution in [3.63, 3.8) is 0 Å². The van der Waals surface area contributed by atoms with Gasteiger partial charge in [-0.1, -0.05) is 30.3 Å². The van der Waals surface area contributed by atoms with Crippen molar-refractivity contribution in [1.82, 2.24) is 9.88 Å². The minimum absolute atomic E-state index is 0.0539. The number of hydrogen-bond donors (Lipinski definition) is 2. The number of oxazole rings is 1. The second-order valence-corrected chi connectivity index (χ2v) is 8.32. The van der Waals surface area contributed by atoms with Gasteiger partial charge in [0.15, 0.2) is 5.58 Å². The molecule has 4 rings (SSSR count). The Kier molecular flexibility index (Phi) is 6.01. The number of aliphatic carboxylic acids is 1. The Morgan fingerprint density at radius 1 is 1.38 bits per heavy atom. The van der Waals surface area contributed by atoms with Crippen LogP contribution >= 0.6 is 0 Å². The zero-order valence-corrected chi connectivity index (χ0v) is 18.6. The number of rotatable bonds is 7. The Morgan fingerprint density at radius 3 is 2.75 bits per heavy atom. The molecule has 0 amide bonds. The van der Waals surface area contributed by atoms with Gasteiger partial charge in [0.25, 0.3) is 6.01 Å². The number of anilines is 2. The van der Waals surface area contributed by atoms with Gasteiger partial charge in [-0.25, -0.2) is 0 Å². The van der Waals surface area contributed by atoms with Gasteiger partial charge in [0.2, 0.25) is 0 Å². The summed E-state index contributed by atoms with van der Waals surface area (Å²) < 4.78 is 6.13. The first-order valence-electron chi connectivity index (χ1n) is 10.7. The van der Waals surface area contributed by atoms with E-state index in [1.54, 1.807) is 0 Å². The first-order valence-corrected chi connectivity index (χ1v) is 10.7. The van der Waals surface area contributed by atoms with Gasteiger partial charge in [-0.05, 0) is 38.6 Å². The first-order chi connectivity index (χ1) is 15.4. The Morgan fingerprint density at radius 2 is 2.12 bits per heavy atom. The van der Waals surface area contributed by atoms with Crippen LogP contribution in [0.4, 0.5) is 11.7 Å². The zero-order valence-electron chi connectivity index (χ0n) is 18.6. The Balaban J connectivity index is 1.91. The van der Waals surface area contributed by atoms with Crippen molar-refractivity contribution >= 4 is 28.8 Å². The third-order valence-electron chi connectivity index (χ3n) is 6.07. The number of nitriles is 1. The predicted molar refractivity (Wildman–Crippen MR) is 124 cm³/mol. The van der Waals surface area contributed by atoms with E-state index in [1.807, 2.05) is 37.3 Å². The second kappa shape index (κ2) is 8.89. The van der Waals surface area contributed by atoms with E-state index >= 15 is 0 Å². The third kappa shape index (κ3) is 3.99. The quantitative estimate of drug-likeness (QED) is 0.581. The molecule has 1 saturated heterocycles. The number of nitrogens with zero attached hydrogens (tertiary/aromatic N) is 4. The van der Waals surface area contributed by atoms with Gasteiger partial charge >= 0.3 is 5.97 Å². The van der Waals surface area contributed by atoms with E-state index in [-0.39, 0.29) is 19.0 Å². The highest BCUT2D eigenvalue weighted by Gasteiger charge is 2.31. The molecule has 0 saturated carbocycles. The normalized spacial score (nSPS) is 16.0. The molecule has 3 aromatic rings. The lowest BCUT2D eigenvalue weighted by atomic mass is 9.93. The van der Waals surface area contributed by atoms with Crippen molar-refractivity contribution in [3.05, 3.63) is 41.5 Å². The van der Waals surface area contributed by atoms with E-state index in [9.17, 15) is 10.1 Å². The topological polar surface area (TPSA) is 106 Å². The van der Waals surface area contributed by atoms with Gasteiger partial charge in [0.1, 0.15) is 11.6 Å². The van der Waals surface area contributed by atoms with Gasteiger partial charge in [-0.3, -0.25) is 4.79 Å². The molecule has 0 radical (unpaired) electrons. The van der Waals surface area contributed by atoms with Gasteiger partial charge in [-0.2, -0.15) is 10.2 Å². The highest BCUT2D eigenvalue weighted by Crippen LogP contribution is 2.44. The van der Waals surface area contributed by atoms with Crippen molar-refractivity contribution < 1.29 is 14.3 Å². The lowest BCUT2D eigenvalue weighted by molar-refractivity contribution is -0.136. The Hall–Kier alpha value is -3.57. The molecule has 8 nitrogen and oxygen atoms in total. The fraction of sp³-hybridized carbons (Fsp3) is 0.375. The number of nitrogens with one attached hydrogen (secondary N) is 1. The van der Waals surface area contributed by atoms with Crippen LogP contribution in [0.5, 0.6) is 0 Å². The number of carboxylic acid groups (broad SMARTS) is 1. The summed E-state index contributed by atoms with van der Waals surface area (Å²) in [5.74, 6) is -0.902. The van der Waals surface area contributed by atoms with E-state index in [0.717, 1.165) is 41.9 Å².